The Kier molecular flexibility index (Phi) is 7.90. The largest absolute Gasteiger partial charge is 0.490 e. The first-order chi connectivity index (χ1) is 19.2. The molecule has 1 aromatic heterocycles. The Hall–Kier alpha value is -3.77. The molecular weight excluding hydrogens is 526 g/mol. The third-order valence-electron chi connectivity index (χ3n) is 7.51. The highest BCUT2D eigenvalue weighted by Gasteiger charge is 2.44. The lowest BCUT2D eigenvalue weighted by Gasteiger charge is -2.26. The number of nitrogens with zero attached hydrogens (tertiary/aromatic N) is 1. The van der Waals surface area contributed by atoms with E-state index < -0.39 is 11.9 Å². The normalized spacial score (nSPS) is 14.6. The molecule has 7 heteroatoms. The van der Waals surface area contributed by atoms with Gasteiger partial charge in [-0.2, -0.15) is 0 Å². The number of carbonyl (C=O) groups is 1. The first-order valence-corrected chi connectivity index (χ1v) is 14.2. The number of amides is 1. The zero-order valence-electron chi connectivity index (χ0n) is 23.6. The highest BCUT2D eigenvalue weighted by Crippen LogP contribution is 2.44. The van der Waals surface area contributed by atoms with E-state index in [0.717, 1.165) is 36.0 Å². The highest BCUT2D eigenvalue weighted by molar-refractivity contribution is 6.31. The lowest BCUT2D eigenvalue weighted by atomic mass is 9.96. The predicted octanol–water partition coefficient (Wildman–Crippen LogP) is 8.09. The predicted molar refractivity (Wildman–Crippen MR) is 159 cm³/mol. The molecule has 1 atom stereocenters. The average molecular weight is 560 g/mol. The Morgan fingerprint density at radius 2 is 1.65 bits per heavy atom. The van der Waals surface area contributed by atoms with E-state index in [9.17, 15) is 9.59 Å². The number of anilines is 1. The van der Waals surface area contributed by atoms with Crippen molar-refractivity contribution in [3.05, 3.63) is 97.4 Å². The monoisotopic (exact) mass is 559 g/mol. The number of rotatable bonds is 9. The van der Waals surface area contributed by atoms with Gasteiger partial charge in [0.05, 0.1) is 30.2 Å². The van der Waals surface area contributed by atoms with Gasteiger partial charge >= 0.3 is 0 Å². The zero-order valence-corrected chi connectivity index (χ0v) is 24.4. The summed E-state index contributed by atoms with van der Waals surface area (Å²) in [6.07, 6.45) is 3.13. The van der Waals surface area contributed by atoms with Crippen LogP contribution in [-0.2, 0) is 0 Å². The maximum atomic E-state index is 14.1. The molecule has 6 nitrogen and oxygen atoms in total. The summed E-state index contributed by atoms with van der Waals surface area (Å²) in [7, 11) is 0. The van der Waals surface area contributed by atoms with Crippen LogP contribution in [0.5, 0.6) is 11.5 Å². The molecule has 5 rings (SSSR count). The van der Waals surface area contributed by atoms with Crippen LogP contribution in [0.3, 0.4) is 0 Å². The second-order valence-corrected chi connectivity index (χ2v) is 10.7. The van der Waals surface area contributed by atoms with Crippen molar-refractivity contribution in [3.63, 3.8) is 0 Å². The second-order valence-electron chi connectivity index (χ2n) is 10.3. The van der Waals surface area contributed by atoms with Crippen LogP contribution in [0.25, 0.3) is 11.0 Å². The van der Waals surface area contributed by atoms with Crippen molar-refractivity contribution >= 4 is 34.2 Å². The molecule has 208 valence electrons. The lowest BCUT2D eigenvalue weighted by molar-refractivity contribution is 0.0971. The van der Waals surface area contributed by atoms with E-state index in [1.165, 1.54) is 0 Å². The van der Waals surface area contributed by atoms with Gasteiger partial charge in [-0.05, 0) is 92.8 Å². The summed E-state index contributed by atoms with van der Waals surface area (Å²) in [5.74, 6) is 0.846. The van der Waals surface area contributed by atoms with Crippen molar-refractivity contribution < 1.29 is 18.7 Å². The molecule has 2 heterocycles. The van der Waals surface area contributed by atoms with Gasteiger partial charge in [0.2, 0.25) is 5.76 Å². The van der Waals surface area contributed by atoms with Crippen LogP contribution in [0.1, 0.15) is 77.5 Å². The van der Waals surface area contributed by atoms with Crippen molar-refractivity contribution in [1.82, 2.24) is 0 Å². The van der Waals surface area contributed by atoms with Gasteiger partial charge in [0, 0.05) is 10.7 Å². The fourth-order valence-corrected chi connectivity index (χ4v) is 5.33. The SMILES string of the molecule is CCCCCOc1ccc(C2c3c(oc4cc(C)c(C)cc4c3=O)C(=O)N2c2ccc(C)c(Cl)c2)cc1OCC. The van der Waals surface area contributed by atoms with Crippen molar-refractivity contribution in [1.29, 1.82) is 0 Å². The van der Waals surface area contributed by atoms with E-state index in [0.29, 0.717) is 57.5 Å². The number of hydrogen-bond donors (Lipinski definition) is 0. The van der Waals surface area contributed by atoms with E-state index in [-0.39, 0.29) is 11.2 Å². The van der Waals surface area contributed by atoms with Gasteiger partial charge in [-0.1, -0.05) is 43.5 Å². The number of ether oxygens (including phenoxy) is 2. The molecule has 4 aromatic rings. The maximum Gasteiger partial charge on any atom is 0.295 e. The Bertz CT molecular complexity index is 1660. The number of unbranched alkanes of at least 4 members (excludes halogenated alkanes) is 2. The van der Waals surface area contributed by atoms with Gasteiger partial charge in [-0.15, -0.1) is 0 Å². The molecule has 0 bridgehead atoms. The number of halogens is 1. The summed E-state index contributed by atoms with van der Waals surface area (Å²) in [5.41, 5.74) is 4.61. The van der Waals surface area contributed by atoms with E-state index in [1.54, 1.807) is 11.0 Å². The molecule has 0 saturated heterocycles. The molecule has 0 radical (unpaired) electrons. The topological polar surface area (TPSA) is 69.0 Å². The van der Waals surface area contributed by atoms with Gasteiger partial charge in [-0.25, -0.2) is 0 Å². The maximum absolute atomic E-state index is 14.1. The molecular formula is C33H34ClNO5. The summed E-state index contributed by atoms with van der Waals surface area (Å²) in [6.45, 7) is 10.9. The number of benzene rings is 3. The molecule has 1 unspecified atom stereocenters. The summed E-state index contributed by atoms with van der Waals surface area (Å²) in [4.78, 5) is 29.7. The number of fused-ring (bicyclic) bond motifs is 2. The van der Waals surface area contributed by atoms with E-state index in [1.807, 2.05) is 70.2 Å². The fourth-order valence-electron chi connectivity index (χ4n) is 5.16. The average Bonchev–Trinajstić information content (AvgIpc) is 3.22. The van der Waals surface area contributed by atoms with Gasteiger partial charge in [-0.3, -0.25) is 14.5 Å². The lowest BCUT2D eigenvalue weighted by Crippen LogP contribution is -2.29. The molecule has 0 fully saturated rings. The first kappa shape index (κ1) is 27.8. The van der Waals surface area contributed by atoms with Crippen LogP contribution >= 0.6 is 11.6 Å². The molecule has 40 heavy (non-hydrogen) atoms. The summed E-state index contributed by atoms with van der Waals surface area (Å²) >= 11 is 6.49. The molecule has 0 N–H and O–H groups in total. The van der Waals surface area contributed by atoms with Crippen LogP contribution < -0.4 is 19.8 Å². The quantitative estimate of drug-likeness (QED) is 0.194. The van der Waals surface area contributed by atoms with Gasteiger partial charge in [0.25, 0.3) is 5.91 Å². The Balaban J connectivity index is 1.71. The molecule has 0 spiro atoms. The number of hydrogen-bond acceptors (Lipinski definition) is 5. The minimum atomic E-state index is -0.739. The standard InChI is InChI=1S/C33H34ClNO5/c1-6-8-9-14-39-26-13-11-22(17-28(26)38-7-2)30-29-31(36)24-15-20(4)21(5)16-27(24)40-32(29)33(37)35(30)23-12-10-19(3)25(34)18-23/h10-13,15-18,30H,6-9,14H2,1-5H3. The van der Waals surface area contributed by atoms with Crippen LogP contribution in [0.4, 0.5) is 5.69 Å². The third kappa shape index (κ3) is 4.97. The van der Waals surface area contributed by atoms with Gasteiger partial charge < -0.3 is 13.9 Å². The van der Waals surface area contributed by atoms with E-state index in [4.69, 9.17) is 25.5 Å². The Morgan fingerprint density at radius 1 is 0.875 bits per heavy atom. The third-order valence-corrected chi connectivity index (χ3v) is 7.92. The van der Waals surface area contributed by atoms with Crippen molar-refractivity contribution in [3.8, 4) is 11.5 Å². The first-order valence-electron chi connectivity index (χ1n) is 13.8. The Morgan fingerprint density at radius 3 is 2.38 bits per heavy atom. The second kappa shape index (κ2) is 11.4. The van der Waals surface area contributed by atoms with E-state index >= 15 is 0 Å². The van der Waals surface area contributed by atoms with Crippen LogP contribution in [-0.4, -0.2) is 19.1 Å². The summed E-state index contributed by atoms with van der Waals surface area (Å²) in [6, 6.07) is 14.0. The zero-order chi connectivity index (χ0) is 28.6. The van der Waals surface area contributed by atoms with Gasteiger partial charge in [0.15, 0.2) is 16.9 Å². The molecule has 0 saturated carbocycles. The van der Waals surface area contributed by atoms with Crippen molar-refractivity contribution in [2.45, 2.75) is 59.9 Å². The minimum absolute atomic E-state index is 0.0419. The highest BCUT2D eigenvalue weighted by atomic mass is 35.5. The number of carbonyl (C=O) groups excluding carboxylic acids is 1. The van der Waals surface area contributed by atoms with Crippen LogP contribution in [0, 0.1) is 20.8 Å². The van der Waals surface area contributed by atoms with Gasteiger partial charge in [0.1, 0.15) is 5.58 Å². The molecule has 1 aliphatic heterocycles. The summed E-state index contributed by atoms with van der Waals surface area (Å²) < 4.78 is 18.2. The molecule has 1 aliphatic rings. The molecule has 3 aromatic carbocycles. The summed E-state index contributed by atoms with van der Waals surface area (Å²) in [5, 5.41) is 0.978. The number of aryl methyl sites for hydroxylation is 3. The smallest absolute Gasteiger partial charge is 0.295 e. The van der Waals surface area contributed by atoms with E-state index in [2.05, 4.69) is 6.92 Å². The van der Waals surface area contributed by atoms with Crippen LogP contribution in [0.2, 0.25) is 5.02 Å². The Labute approximate surface area is 239 Å². The van der Waals surface area contributed by atoms with Crippen molar-refractivity contribution in [2.75, 3.05) is 18.1 Å². The molecule has 1 amide bonds. The van der Waals surface area contributed by atoms with Crippen LogP contribution in [0.15, 0.2) is 57.7 Å². The molecule has 0 aliphatic carbocycles. The minimum Gasteiger partial charge on any atom is -0.490 e. The van der Waals surface area contributed by atoms with Crippen molar-refractivity contribution in [2.24, 2.45) is 0 Å². The fraction of sp³-hybridized carbons (Fsp3) is 0.333.